The molecule has 120 valence electrons. The van der Waals surface area contributed by atoms with Crippen molar-refractivity contribution in [1.82, 2.24) is 10.2 Å². The van der Waals surface area contributed by atoms with Crippen molar-refractivity contribution in [2.75, 3.05) is 13.1 Å². The molecule has 2 aliphatic rings. The lowest BCUT2D eigenvalue weighted by molar-refractivity contribution is -0.130. The van der Waals surface area contributed by atoms with E-state index in [1.807, 2.05) is 20.8 Å². The van der Waals surface area contributed by atoms with E-state index in [2.05, 4.69) is 19.2 Å². The summed E-state index contributed by atoms with van der Waals surface area (Å²) in [5.41, 5.74) is -0.743. The van der Waals surface area contributed by atoms with Gasteiger partial charge >= 0.3 is 6.09 Å². The van der Waals surface area contributed by atoms with Crippen molar-refractivity contribution < 1.29 is 14.3 Å². The molecule has 1 N–H and O–H groups in total. The molecule has 2 aliphatic heterocycles. The summed E-state index contributed by atoms with van der Waals surface area (Å²) in [5.74, 6) is 0.627. The van der Waals surface area contributed by atoms with Crippen molar-refractivity contribution in [3.05, 3.63) is 0 Å². The van der Waals surface area contributed by atoms with Gasteiger partial charge in [0.25, 0.3) is 0 Å². The number of likely N-dealkylation sites (tertiary alicyclic amines) is 1. The number of nitrogens with one attached hydrogen (secondary N) is 1. The number of rotatable bonds is 1. The lowest BCUT2D eigenvalue weighted by Gasteiger charge is -2.38. The molecule has 5 nitrogen and oxygen atoms in total. The van der Waals surface area contributed by atoms with E-state index in [0.29, 0.717) is 19.0 Å². The van der Waals surface area contributed by atoms with E-state index < -0.39 is 5.60 Å². The van der Waals surface area contributed by atoms with Crippen LogP contribution in [0.15, 0.2) is 0 Å². The Morgan fingerprint density at radius 2 is 1.90 bits per heavy atom. The minimum atomic E-state index is -0.473. The van der Waals surface area contributed by atoms with E-state index >= 15 is 0 Å². The van der Waals surface area contributed by atoms with Crippen LogP contribution in [-0.2, 0) is 9.53 Å². The fourth-order valence-electron chi connectivity index (χ4n) is 3.16. The molecular weight excluding hydrogens is 268 g/mol. The molecule has 2 fully saturated rings. The first-order valence-electron chi connectivity index (χ1n) is 7.92. The number of carbonyl (C=O) groups excluding carboxylic acids is 2. The molecule has 0 bridgehead atoms. The van der Waals surface area contributed by atoms with Crippen LogP contribution in [0.5, 0.6) is 0 Å². The van der Waals surface area contributed by atoms with Gasteiger partial charge in [-0.25, -0.2) is 4.79 Å². The molecule has 0 aromatic rings. The maximum Gasteiger partial charge on any atom is 0.410 e. The summed E-state index contributed by atoms with van der Waals surface area (Å²) in [6.07, 6.45) is 2.10. The van der Waals surface area contributed by atoms with Crippen LogP contribution < -0.4 is 5.32 Å². The molecule has 5 heteroatoms. The van der Waals surface area contributed by atoms with E-state index in [1.165, 1.54) is 0 Å². The highest BCUT2D eigenvalue weighted by Gasteiger charge is 2.49. The second-order valence-corrected chi connectivity index (χ2v) is 7.78. The molecule has 21 heavy (non-hydrogen) atoms. The van der Waals surface area contributed by atoms with Crippen LogP contribution in [0.25, 0.3) is 0 Å². The number of piperidine rings is 1. The highest BCUT2D eigenvalue weighted by atomic mass is 16.6. The van der Waals surface area contributed by atoms with Gasteiger partial charge in [0.05, 0.1) is 5.41 Å². The number of hydrogen-bond acceptors (Lipinski definition) is 3. The zero-order valence-corrected chi connectivity index (χ0v) is 13.9. The average molecular weight is 296 g/mol. The lowest BCUT2D eigenvalue weighted by Crippen LogP contribution is -2.47. The first kappa shape index (κ1) is 16.1. The Morgan fingerprint density at radius 3 is 2.33 bits per heavy atom. The number of amides is 2. The zero-order chi connectivity index (χ0) is 15.8. The summed E-state index contributed by atoms with van der Waals surface area (Å²) < 4.78 is 5.40. The molecule has 2 heterocycles. The topological polar surface area (TPSA) is 58.6 Å². The third-order valence-corrected chi connectivity index (χ3v) is 4.59. The summed E-state index contributed by atoms with van der Waals surface area (Å²) in [4.78, 5) is 26.1. The van der Waals surface area contributed by atoms with Crippen LogP contribution in [0.2, 0.25) is 0 Å². The Hall–Kier alpha value is -1.26. The van der Waals surface area contributed by atoms with Gasteiger partial charge < -0.3 is 15.0 Å². The van der Waals surface area contributed by atoms with Crippen LogP contribution in [0.3, 0.4) is 0 Å². The Morgan fingerprint density at radius 1 is 1.33 bits per heavy atom. The summed E-state index contributed by atoms with van der Waals surface area (Å²) in [7, 11) is 0. The number of hydrogen-bond donors (Lipinski definition) is 1. The Bertz CT molecular complexity index is 418. The Labute approximate surface area is 127 Å². The Balaban J connectivity index is 1.94. The van der Waals surface area contributed by atoms with Crippen LogP contribution in [-0.4, -0.2) is 41.6 Å². The van der Waals surface area contributed by atoms with Crippen molar-refractivity contribution in [3.8, 4) is 0 Å². The van der Waals surface area contributed by atoms with Gasteiger partial charge in [0.1, 0.15) is 5.60 Å². The normalized spacial score (nSPS) is 25.3. The van der Waals surface area contributed by atoms with E-state index in [1.54, 1.807) is 4.90 Å². The molecule has 0 radical (unpaired) electrons. The minimum Gasteiger partial charge on any atom is -0.444 e. The molecule has 1 atom stereocenters. The first-order valence-corrected chi connectivity index (χ1v) is 7.92. The van der Waals surface area contributed by atoms with Gasteiger partial charge in [-0.1, -0.05) is 13.8 Å². The van der Waals surface area contributed by atoms with E-state index in [4.69, 9.17) is 4.74 Å². The van der Waals surface area contributed by atoms with E-state index in [9.17, 15) is 9.59 Å². The molecule has 2 rings (SSSR count). The second-order valence-electron chi connectivity index (χ2n) is 7.78. The van der Waals surface area contributed by atoms with Gasteiger partial charge in [-0.2, -0.15) is 0 Å². The van der Waals surface area contributed by atoms with Crippen LogP contribution in [0.4, 0.5) is 4.79 Å². The van der Waals surface area contributed by atoms with Crippen LogP contribution >= 0.6 is 0 Å². The van der Waals surface area contributed by atoms with Gasteiger partial charge in [0.15, 0.2) is 0 Å². The SMILES string of the molecule is CC(C)C1CC2(CCN(C(=O)OC(C)(C)C)CC2)C(=O)N1. The maximum absolute atomic E-state index is 12.3. The predicted molar refractivity (Wildman–Crippen MR) is 80.9 cm³/mol. The predicted octanol–water partition coefficient (Wildman–Crippen LogP) is 2.55. The van der Waals surface area contributed by atoms with Gasteiger partial charge in [-0.05, 0) is 46.0 Å². The Kier molecular flexibility index (Phi) is 4.22. The van der Waals surface area contributed by atoms with E-state index in [-0.39, 0.29) is 23.5 Å². The average Bonchev–Trinajstić information content (AvgIpc) is 2.66. The quantitative estimate of drug-likeness (QED) is 0.809. The van der Waals surface area contributed by atoms with Crippen LogP contribution in [0, 0.1) is 11.3 Å². The number of ether oxygens (including phenoxy) is 1. The van der Waals surface area contributed by atoms with Gasteiger partial charge in [-0.3, -0.25) is 4.79 Å². The highest BCUT2D eigenvalue weighted by molar-refractivity contribution is 5.85. The van der Waals surface area contributed by atoms with Gasteiger partial charge in [-0.15, -0.1) is 0 Å². The molecule has 0 aromatic carbocycles. The van der Waals surface area contributed by atoms with Crippen molar-refractivity contribution in [1.29, 1.82) is 0 Å². The van der Waals surface area contributed by atoms with Crippen LogP contribution in [0.1, 0.15) is 53.9 Å². The summed E-state index contributed by atoms with van der Waals surface area (Å²) in [5, 5.41) is 3.12. The van der Waals surface area contributed by atoms with Gasteiger partial charge in [0.2, 0.25) is 5.91 Å². The van der Waals surface area contributed by atoms with Crippen molar-refractivity contribution >= 4 is 12.0 Å². The first-order chi connectivity index (χ1) is 9.63. The largest absolute Gasteiger partial charge is 0.444 e. The van der Waals surface area contributed by atoms with Crippen molar-refractivity contribution in [3.63, 3.8) is 0 Å². The summed E-state index contributed by atoms with van der Waals surface area (Å²) in [6.45, 7) is 11.1. The molecule has 1 spiro atoms. The summed E-state index contributed by atoms with van der Waals surface area (Å²) >= 11 is 0. The summed E-state index contributed by atoms with van der Waals surface area (Å²) in [6, 6.07) is 0.269. The number of carbonyl (C=O) groups is 2. The molecular formula is C16H28N2O3. The minimum absolute atomic E-state index is 0.171. The maximum atomic E-state index is 12.3. The standard InChI is InChI=1S/C16H28N2O3/c1-11(2)12-10-16(13(19)17-12)6-8-18(9-7-16)14(20)21-15(3,4)5/h11-12H,6-10H2,1-5H3,(H,17,19). The third-order valence-electron chi connectivity index (χ3n) is 4.59. The monoisotopic (exact) mass is 296 g/mol. The second kappa shape index (κ2) is 5.50. The lowest BCUT2D eigenvalue weighted by atomic mass is 9.75. The highest BCUT2D eigenvalue weighted by Crippen LogP contribution is 2.42. The molecule has 1 unspecified atom stereocenters. The fraction of sp³-hybridized carbons (Fsp3) is 0.875. The molecule has 0 aromatic heterocycles. The van der Waals surface area contributed by atoms with Crippen molar-refractivity contribution in [2.45, 2.75) is 65.5 Å². The van der Waals surface area contributed by atoms with Crippen molar-refractivity contribution in [2.24, 2.45) is 11.3 Å². The third kappa shape index (κ3) is 3.50. The smallest absolute Gasteiger partial charge is 0.410 e. The number of nitrogens with zero attached hydrogens (tertiary/aromatic N) is 1. The molecule has 0 aliphatic carbocycles. The zero-order valence-electron chi connectivity index (χ0n) is 13.9. The van der Waals surface area contributed by atoms with E-state index in [0.717, 1.165) is 19.3 Å². The van der Waals surface area contributed by atoms with Gasteiger partial charge in [0, 0.05) is 19.1 Å². The molecule has 0 saturated carbocycles. The molecule has 2 saturated heterocycles. The molecule has 2 amide bonds. The fourth-order valence-corrected chi connectivity index (χ4v) is 3.16.